The largest absolute Gasteiger partial charge is 0.310 e. The molecular weight excluding hydrogens is 831 g/mol. The predicted molar refractivity (Wildman–Crippen MR) is 293 cm³/mol. The highest BCUT2D eigenvalue weighted by molar-refractivity contribution is 6.21. The Kier molecular flexibility index (Phi) is 9.30. The Labute approximate surface area is 405 Å². The van der Waals surface area contributed by atoms with Crippen molar-refractivity contribution in [3.63, 3.8) is 0 Å². The molecule has 0 amide bonds. The van der Waals surface area contributed by atoms with Gasteiger partial charge < -0.3 is 4.90 Å². The number of rotatable bonds is 7. The van der Waals surface area contributed by atoms with Crippen LogP contribution in [-0.4, -0.2) is 0 Å². The summed E-state index contributed by atoms with van der Waals surface area (Å²) in [7, 11) is 0. The van der Waals surface area contributed by atoms with Crippen molar-refractivity contribution in [1.82, 2.24) is 0 Å². The molecule has 0 aliphatic heterocycles. The Balaban J connectivity index is 0.989. The third kappa shape index (κ3) is 6.30. The molecule has 0 aromatic heterocycles. The fourth-order valence-electron chi connectivity index (χ4n) is 12.1. The van der Waals surface area contributed by atoms with E-state index < -0.39 is 0 Å². The van der Waals surface area contributed by atoms with Crippen LogP contribution in [0.25, 0.3) is 88.3 Å². The van der Waals surface area contributed by atoms with E-state index >= 15 is 0 Å². The molecule has 0 N–H and O–H groups in total. The molecule has 0 saturated carbocycles. The second-order valence-corrected chi connectivity index (χ2v) is 20.0. The Morgan fingerprint density at radius 1 is 0.261 bits per heavy atom. The van der Waals surface area contributed by atoms with Gasteiger partial charge in [0.1, 0.15) is 0 Å². The summed E-state index contributed by atoms with van der Waals surface area (Å²) in [5.74, 6) is 0. The van der Waals surface area contributed by atoms with Gasteiger partial charge in [-0.3, -0.25) is 0 Å². The summed E-state index contributed by atoms with van der Waals surface area (Å²) in [5.41, 5.74) is 23.8. The van der Waals surface area contributed by atoms with Gasteiger partial charge in [-0.25, -0.2) is 0 Å². The van der Waals surface area contributed by atoms with Gasteiger partial charge in [0.15, 0.2) is 0 Å². The van der Waals surface area contributed by atoms with Crippen molar-refractivity contribution in [2.24, 2.45) is 0 Å². The normalized spacial score (nSPS) is 13.7. The number of benzene rings is 11. The lowest BCUT2D eigenvalue weighted by atomic mass is 9.82. The van der Waals surface area contributed by atoms with Crippen LogP contribution in [0, 0.1) is 0 Å². The summed E-state index contributed by atoms with van der Waals surface area (Å²) < 4.78 is 0. The zero-order chi connectivity index (χ0) is 46.4. The first-order valence-corrected chi connectivity index (χ1v) is 24.3. The number of hydrogen-bond donors (Lipinski definition) is 0. The van der Waals surface area contributed by atoms with Gasteiger partial charge in [0.2, 0.25) is 0 Å². The smallest absolute Gasteiger partial charge is 0.0540 e. The number of hydrogen-bond acceptors (Lipinski definition) is 1. The zero-order valence-corrected chi connectivity index (χ0v) is 39.5. The molecule has 2 aliphatic rings. The van der Waals surface area contributed by atoms with Gasteiger partial charge in [-0.15, -0.1) is 0 Å². The lowest BCUT2D eigenvalue weighted by molar-refractivity contribution is 0.660. The van der Waals surface area contributed by atoms with E-state index in [0.717, 1.165) is 17.1 Å². The standard InChI is InChI=1S/C68H51N/c1-67(2)59-29-15-12-23-52(59)58-43-47(37-42-61(58)67)44-33-38-48(39-34-44)69(63-32-17-14-24-53(63)56-28-18-31-62-66(56)57-27-13-16-30-60(57)68(62,3)4)49-40-35-46(36-41-49)65-55-26-11-9-22-51(55)50-21-8-10-25-54(50)64(65)45-19-6-5-7-20-45/h5-43H,1-4H3. The molecule has 1 nitrogen and oxygen atoms in total. The van der Waals surface area contributed by atoms with Gasteiger partial charge in [-0.1, -0.05) is 228 Å². The van der Waals surface area contributed by atoms with Crippen LogP contribution >= 0.6 is 0 Å². The Morgan fingerprint density at radius 3 is 1.35 bits per heavy atom. The quantitative estimate of drug-likeness (QED) is 0.144. The minimum Gasteiger partial charge on any atom is -0.310 e. The molecule has 0 bridgehead atoms. The average molecular weight is 882 g/mol. The summed E-state index contributed by atoms with van der Waals surface area (Å²) in [6.45, 7) is 9.43. The first kappa shape index (κ1) is 41.0. The van der Waals surface area contributed by atoms with Crippen LogP contribution in [0.1, 0.15) is 49.9 Å². The minimum absolute atomic E-state index is 0.0288. The van der Waals surface area contributed by atoms with Gasteiger partial charge in [0, 0.05) is 27.8 Å². The van der Waals surface area contributed by atoms with Crippen molar-refractivity contribution in [1.29, 1.82) is 0 Å². The van der Waals surface area contributed by atoms with E-state index in [2.05, 4.69) is 269 Å². The van der Waals surface area contributed by atoms with Crippen molar-refractivity contribution in [3.8, 4) is 66.8 Å². The van der Waals surface area contributed by atoms with Gasteiger partial charge in [0.05, 0.1) is 5.69 Å². The van der Waals surface area contributed by atoms with Gasteiger partial charge in [0.25, 0.3) is 0 Å². The van der Waals surface area contributed by atoms with E-state index in [1.807, 2.05) is 0 Å². The van der Waals surface area contributed by atoms with E-state index in [9.17, 15) is 0 Å². The van der Waals surface area contributed by atoms with Crippen LogP contribution in [0.2, 0.25) is 0 Å². The van der Waals surface area contributed by atoms with Crippen LogP contribution in [-0.2, 0) is 10.8 Å². The van der Waals surface area contributed by atoms with Crippen molar-refractivity contribution >= 4 is 38.6 Å². The van der Waals surface area contributed by atoms with Crippen molar-refractivity contribution in [3.05, 3.63) is 259 Å². The minimum atomic E-state index is -0.108. The second-order valence-electron chi connectivity index (χ2n) is 20.0. The van der Waals surface area contributed by atoms with Crippen molar-refractivity contribution < 1.29 is 0 Å². The van der Waals surface area contributed by atoms with Gasteiger partial charge >= 0.3 is 0 Å². The zero-order valence-electron chi connectivity index (χ0n) is 39.5. The Bertz CT molecular complexity index is 3820. The SMILES string of the molecule is CC1(C)c2ccccc2-c2cc(-c3ccc(N(c4ccc(-c5c(-c6ccccc6)c6ccccc6c6ccccc56)cc4)c4ccccc4-c4cccc5c4-c4ccccc4C5(C)C)cc3)ccc21. The number of nitrogens with zero attached hydrogens (tertiary/aromatic N) is 1. The van der Waals surface area contributed by atoms with E-state index in [1.54, 1.807) is 0 Å². The number of fused-ring (bicyclic) bond motifs is 9. The molecule has 0 heterocycles. The predicted octanol–water partition coefficient (Wildman–Crippen LogP) is 18.7. The van der Waals surface area contributed by atoms with Gasteiger partial charge in [-0.2, -0.15) is 0 Å². The summed E-state index contributed by atoms with van der Waals surface area (Å²) >= 11 is 0. The fourth-order valence-corrected chi connectivity index (χ4v) is 12.1. The Hall–Kier alpha value is -8.26. The average Bonchev–Trinajstić information content (AvgIpc) is 3.78. The summed E-state index contributed by atoms with van der Waals surface area (Å²) in [6, 6.07) is 88.1. The lowest BCUT2D eigenvalue weighted by Gasteiger charge is -2.29. The molecule has 0 saturated heterocycles. The molecule has 11 aromatic carbocycles. The molecule has 0 fully saturated rings. The highest BCUT2D eigenvalue weighted by Gasteiger charge is 2.38. The van der Waals surface area contributed by atoms with Crippen molar-refractivity contribution in [2.45, 2.75) is 38.5 Å². The molecule has 2 aliphatic carbocycles. The van der Waals surface area contributed by atoms with Crippen LogP contribution < -0.4 is 4.90 Å². The van der Waals surface area contributed by atoms with E-state index in [-0.39, 0.29) is 10.8 Å². The summed E-state index contributed by atoms with van der Waals surface area (Å²) in [4.78, 5) is 2.46. The highest BCUT2D eigenvalue weighted by atomic mass is 15.1. The topological polar surface area (TPSA) is 3.24 Å². The summed E-state index contributed by atoms with van der Waals surface area (Å²) in [6.07, 6.45) is 0. The molecule has 0 radical (unpaired) electrons. The number of para-hydroxylation sites is 1. The first-order chi connectivity index (χ1) is 33.8. The fraction of sp³-hybridized carbons (Fsp3) is 0.0882. The third-order valence-corrected chi connectivity index (χ3v) is 15.5. The van der Waals surface area contributed by atoms with Crippen LogP contribution in [0.5, 0.6) is 0 Å². The second kappa shape index (κ2) is 15.7. The Morgan fingerprint density at radius 2 is 0.696 bits per heavy atom. The van der Waals surface area contributed by atoms with Gasteiger partial charge in [-0.05, 0) is 141 Å². The molecule has 0 unspecified atom stereocenters. The van der Waals surface area contributed by atoms with E-state index in [0.29, 0.717) is 0 Å². The molecule has 328 valence electrons. The molecular formula is C68H51N. The monoisotopic (exact) mass is 881 g/mol. The first-order valence-electron chi connectivity index (χ1n) is 24.3. The molecule has 11 aromatic rings. The molecule has 0 spiro atoms. The number of anilines is 3. The molecule has 1 heteroatoms. The molecule has 69 heavy (non-hydrogen) atoms. The maximum absolute atomic E-state index is 2.46. The lowest BCUT2D eigenvalue weighted by Crippen LogP contribution is -2.15. The van der Waals surface area contributed by atoms with E-state index in [1.165, 1.54) is 111 Å². The van der Waals surface area contributed by atoms with Crippen LogP contribution in [0.3, 0.4) is 0 Å². The van der Waals surface area contributed by atoms with Crippen molar-refractivity contribution in [2.75, 3.05) is 4.90 Å². The summed E-state index contributed by atoms with van der Waals surface area (Å²) in [5, 5.41) is 5.04. The molecule has 13 rings (SSSR count). The third-order valence-electron chi connectivity index (χ3n) is 15.5. The van der Waals surface area contributed by atoms with Crippen LogP contribution in [0.15, 0.2) is 237 Å². The maximum atomic E-state index is 2.46. The maximum Gasteiger partial charge on any atom is 0.0540 e. The molecule has 0 atom stereocenters. The van der Waals surface area contributed by atoms with Crippen LogP contribution in [0.4, 0.5) is 17.1 Å². The highest BCUT2D eigenvalue weighted by Crippen LogP contribution is 2.55. The van der Waals surface area contributed by atoms with E-state index in [4.69, 9.17) is 0 Å².